The molecule has 0 aromatic carbocycles. The van der Waals surface area contributed by atoms with Gasteiger partial charge in [0.15, 0.2) is 11.3 Å². The van der Waals surface area contributed by atoms with Crippen molar-refractivity contribution < 1.29 is 14.3 Å². The van der Waals surface area contributed by atoms with Gasteiger partial charge in [-0.05, 0) is 31.4 Å². The summed E-state index contributed by atoms with van der Waals surface area (Å²) in [4.78, 5) is 24.4. The van der Waals surface area contributed by atoms with E-state index < -0.39 is 0 Å². The second-order valence-corrected chi connectivity index (χ2v) is 4.77. The summed E-state index contributed by atoms with van der Waals surface area (Å²) < 4.78 is 5.18. The first-order chi connectivity index (χ1) is 7.79. The van der Waals surface area contributed by atoms with Gasteiger partial charge in [0, 0.05) is 13.1 Å². The lowest BCUT2D eigenvalue weighted by Gasteiger charge is -2.25. The standard InChI is InChI=1S/C11H13NO3S/c13-8-9-4-5-10(16-9)15-11(14)12-6-2-1-3-7-12/h4-5,8H,1-3,6-7H2. The summed E-state index contributed by atoms with van der Waals surface area (Å²) in [5.41, 5.74) is 0. The zero-order valence-corrected chi connectivity index (χ0v) is 9.66. The fourth-order valence-corrected chi connectivity index (χ4v) is 2.35. The second kappa shape index (κ2) is 5.12. The zero-order chi connectivity index (χ0) is 11.4. The van der Waals surface area contributed by atoms with Gasteiger partial charge in [0.2, 0.25) is 0 Å². The molecule has 0 atom stereocenters. The maximum atomic E-state index is 11.7. The molecule has 0 unspecified atom stereocenters. The van der Waals surface area contributed by atoms with Gasteiger partial charge in [0.1, 0.15) is 0 Å². The third kappa shape index (κ3) is 2.61. The monoisotopic (exact) mass is 239 g/mol. The lowest BCUT2D eigenvalue weighted by Crippen LogP contribution is -2.37. The second-order valence-electron chi connectivity index (χ2n) is 3.69. The van der Waals surface area contributed by atoms with E-state index in [0.717, 1.165) is 32.2 Å². The topological polar surface area (TPSA) is 46.6 Å². The van der Waals surface area contributed by atoms with Crippen LogP contribution in [-0.2, 0) is 0 Å². The molecule has 4 nitrogen and oxygen atoms in total. The number of piperidine rings is 1. The van der Waals surface area contributed by atoms with E-state index in [0.29, 0.717) is 9.94 Å². The van der Waals surface area contributed by atoms with Crippen molar-refractivity contribution in [1.29, 1.82) is 0 Å². The average molecular weight is 239 g/mol. The lowest BCUT2D eigenvalue weighted by molar-refractivity contribution is 0.112. The van der Waals surface area contributed by atoms with Gasteiger partial charge in [-0.1, -0.05) is 11.3 Å². The Balaban J connectivity index is 1.92. The predicted octanol–water partition coefficient (Wildman–Crippen LogP) is 2.55. The molecule has 1 amide bonds. The Bertz CT molecular complexity index is 382. The van der Waals surface area contributed by atoms with E-state index in [9.17, 15) is 9.59 Å². The molecule has 1 aromatic rings. The average Bonchev–Trinajstić information content (AvgIpc) is 2.78. The van der Waals surface area contributed by atoms with Crippen molar-refractivity contribution in [2.45, 2.75) is 19.3 Å². The van der Waals surface area contributed by atoms with Crippen molar-refractivity contribution >= 4 is 23.7 Å². The highest BCUT2D eigenvalue weighted by molar-refractivity contribution is 7.15. The fourth-order valence-electron chi connectivity index (χ4n) is 1.68. The third-order valence-corrected chi connectivity index (χ3v) is 3.41. The largest absolute Gasteiger partial charge is 0.416 e. The van der Waals surface area contributed by atoms with Crippen LogP contribution in [0.5, 0.6) is 5.06 Å². The molecule has 0 bridgehead atoms. The van der Waals surface area contributed by atoms with Crippen LogP contribution in [0.3, 0.4) is 0 Å². The predicted molar refractivity (Wildman–Crippen MR) is 61.2 cm³/mol. The minimum atomic E-state index is -0.306. The van der Waals surface area contributed by atoms with Crippen molar-refractivity contribution in [1.82, 2.24) is 4.90 Å². The van der Waals surface area contributed by atoms with Crippen LogP contribution in [0.4, 0.5) is 4.79 Å². The van der Waals surface area contributed by atoms with Gasteiger partial charge in [-0.25, -0.2) is 4.79 Å². The summed E-state index contributed by atoms with van der Waals surface area (Å²) in [6, 6.07) is 3.30. The summed E-state index contributed by atoms with van der Waals surface area (Å²) in [6.07, 6.45) is 3.71. The van der Waals surface area contributed by atoms with Crippen molar-refractivity contribution in [3.05, 3.63) is 17.0 Å². The molecule has 0 N–H and O–H groups in total. The molecule has 0 radical (unpaired) electrons. The van der Waals surface area contributed by atoms with Gasteiger partial charge in [-0.2, -0.15) is 0 Å². The molecule has 16 heavy (non-hydrogen) atoms. The van der Waals surface area contributed by atoms with Gasteiger partial charge in [-0.15, -0.1) is 0 Å². The molecule has 2 heterocycles. The number of rotatable bonds is 2. The SMILES string of the molecule is O=Cc1ccc(OC(=O)N2CCCCC2)s1. The molecule has 5 heteroatoms. The van der Waals surface area contributed by atoms with Crippen LogP contribution in [0, 0.1) is 0 Å². The first-order valence-corrected chi connectivity index (χ1v) is 6.13. The number of likely N-dealkylation sites (tertiary alicyclic amines) is 1. The Kier molecular flexibility index (Phi) is 3.56. The van der Waals surface area contributed by atoms with E-state index in [2.05, 4.69) is 0 Å². The summed E-state index contributed by atoms with van der Waals surface area (Å²) in [5, 5.41) is 0.484. The number of amides is 1. The highest BCUT2D eigenvalue weighted by Gasteiger charge is 2.18. The summed E-state index contributed by atoms with van der Waals surface area (Å²) in [5.74, 6) is 0. The van der Waals surface area contributed by atoms with Gasteiger partial charge in [-0.3, -0.25) is 4.79 Å². The first kappa shape index (κ1) is 11.1. The minimum absolute atomic E-state index is 0.306. The smallest absolute Gasteiger partial charge is 0.399 e. The van der Waals surface area contributed by atoms with Gasteiger partial charge >= 0.3 is 6.09 Å². The van der Waals surface area contributed by atoms with E-state index in [1.54, 1.807) is 17.0 Å². The van der Waals surface area contributed by atoms with Crippen LogP contribution in [0.15, 0.2) is 12.1 Å². The van der Waals surface area contributed by atoms with E-state index in [1.807, 2.05) is 0 Å². The van der Waals surface area contributed by atoms with Crippen LogP contribution in [0.1, 0.15) is 28.9 Å². The normalized spacial score (nSPS) is 15.9. The number of nitrogens with zero attached hydrogens (tertiary/aromatic N) is 1. The van der Waals surface area contributed by atoms with Crippen molar-refractivity contribution in [3.63, 3.8) is 0 Å². The van der Waals surface area contributed by atoms with Crippen LogP contribution >= 0.6 is 11.3 Å². The Morgan fingerprint density at radius 2 is 2.06 bits per heavy atom. The van der Waals surface area contributed by atoms with Crippen LogP contribution in [0.25, 0.3) is 0 Å². The maximum absolute atomic E-state index is 11.7. The molecular formula is C11H13NO3S. The summed E-state index contributed by atoms with van der Waals surface area (Å²) >= 11 is 1.19. The Morgan fingerprint density at radius 1 is 1.31 bits per heavy atom. The summed E-state index contributed by atoms with van der Waals surface area (Å²) in [7, 11) is 0. The number of aldehydes is 1. The van der Waals surface area contributed by atoms with Gasteiger partial charge < -0.3 is 9.64 Å². The van der Waals surface area contributed by atoms with Crippen LogP contribution in [-0.4, -0.2) is 30.4 Å². The molecular weight excluding hydrogens is 226 g/mol. The number of carbonyl (C=O) groups is 2. The van der Waals surface area contributed by atoms with E-state index in [-0.39, 0.29) is 6.09 Å². The van der Waals surface area contributed by atoms with E-state index >= 15 is 0 Å². The number of ether oxygens (including phenoxy) is 1. The number of carbonyl (C=O) groups excluding carboxylic acids is 2. The molecule has 1 fully saturated rings. The van der Waals surface area contributed by atoms with Gasteiger partial charge in [0.25, 0.3) is 0 Å². The maximum Gasteiger partial charge on any atom is 0.416 e. The van der Waals surface area contributed by atoms with E-state index in [1.165, 1.54) is 17.8 Å². The molecule has 0 spiro atoms. The molecule has 1 saturated heterocycles. The molecule has 1 aliphatic rings. The summed E-state index contributed by atoms with van der Waals surface area (Å²) in [6.45, 7) is 1.54. The number of thiophene rings is 1. The molecule has 1 aliphatic heterocycles. The van der Waals surface area contributed by atoms with Gasteiger partial charge in [0.05, 0.1) is 4.88 Å². The Hall–Kier alpha value is -1.36. The minimum Gasteiger partial charge on any atom is -0.399 e. The van der Waals surface area contributed by atoms with E-state index in [4.69, 9.17) is 4.74 Å². The van der Waals surface area contributed by atoms with Crippen LogP contribution < -0.4 is 4.74 Å². The van der Waals surface area contributed by atoms with Crippen LogP contribution in [0.2, 0.25) is 0 Å². The quantitative estimate of drug-likeness (QED) is 0.745. The fraction of sp³-hybridized carbons (Fsp3) is 0.455. The number of hydrogen-bond acceptors (Lipinski definition) is 4. The number of hydrogen-bond donors (Lipinski definition) is 0. The molecule has 2 rings (SSSR count). The van der Waals surface area contributed by atoms with Crippen molar-refractivity contribution in [2.75, 3.05) is 13.1 Å². The molecule has 1 aromatic heterocycles. The molecule has 0 saturated carbocycles. The first-order valence-electron chi connectivity index (χ1n) is 5.31. The van der Waals surface area contributed by atoms with Crippen molar-refractivity contribution in [3.8, 4) is 5.06 Å². The Labute approximate surface area is 97.8 Å². The lowest BCUT2D eigenvalue weighted by atomic mass is 10.1. The highest BCUT2D eigenvalue weighted by Crippen LogP contribution is 2.24. The zero-order valence-electron chi connectivity index (χ0n) is 8.85. The highest BCUT2D eigenvalue weighted by atomic mass is 32.1. The Morgan fingerprint density at radius 3 is 2.69 bits per heavy atom. The molecule has 86 valence electrons. The third-order valence-electron chi connectivity index (χ3n) is 2.52. The molecule has 0 aliphatic carbocycles. The van der Waals surface area contributed by atoms with Crippen molar-refractivity contribution in [2.24, 2.45) is 0 Å².